The zero-order valence-corrected chi connectivity index (χ0v) is 9.56. The molecule has 0 aliphatic carbocycles. The van der Waals surface area contributed by atoms with Gasteiger partial charge in [0.05, 0.1) is 5.56 Å². The summed E-state index contributed by atoms with van der Waals surface area (Å²) < 4.78 is 5.42. The van der Waals surface area contributed by atoms with Gasteiger partial charge in [-0.05, 0) is 18.2 Å². The lowest BCUT2D eigenvalue weighted by atomic mass is 10.2. The van der Waals surface area contributed by atoms with Crippen molar-refractivity contribution in [1.82, 2.24) is 5.32 Å². The van der Waals surface area contributed by atoms with Crippen molar-refractivity contribution in [3.05, 3.63) is 29.8 Å². The number of hydrogen-bond acceptors (Lipinski definition) is 3. The zero-order valence-electron chi connectivity index (χ0n) is 9.56. The van der Waals surface area contributed by atoms with Crippen molar-refractivity contribution in [3.8, 4) is 5.75 Å². The van der Waals surface area contributed by atoms with Crippen molar-refractivity contribution < 1.29 is 14.6 Å². The minimum Gasteiger partial charge on any atom is -0.492 e. The smallest absolute Gasteiger partial charge is 0.335 e. The first-order valence-electron chi connectivity index (χ1n) is 5.29. The van der Waals surface area contributed by atoms with Crippen molar-refractivity contribution >= 4 is 5.97 Å². The lowest BCUT2D eigenvalue weighted by Crippen LogP contribution is -2.27. The number of carboxylic acid groups (broad SMARTS) is 1. The van der Waals surface area contributed by atoms with E-state index in [1.807, 2.05) is 0 Å². The highest BCUT2D eigenvalue weighted by Gasteiger charge is 2.03. The molecule has 0 aromatic heterocycles. The molecule has 0 saturated heterocycles. The van der Waals surface area contributed by atoms with Gasteiger partial charge in [0.15, 0.2) is 0 Å². The molecule has 1 aromatic rings. The second-order valence-corrected chi connectivity index (χ2v) is 3.79. The molecule has 0 fully saturated rings. The van der Waals surface area contributed by atoms with Gasteiger partial charge >= 0.3 is 5.97 Å². The average molecular weight is 223 g/mol. The second-order valence-electron chi connectivity index (χ2n) is 3.79. The largest absolute Gasteiger partial charge is 0.492 e. The predicted octanol–water partition coefficient (Wildman–Crippen LogP) is 1.76. The molecule has 1 rings (SSSR count). The first-order chi connectivity index (χ1) is 7.59. The number of aromatic carboxylic acids is 1. The predicted molar refractivity (Wildman–Crippen MR) is 62.0 cm³/mol. The van der Waals surface area contributed by atoms with Gasteiger partial charge in [-0.3, -0.25) is 0 Å². The molecule has 0 saturated carbocycles. The summed E-state index contributed by atoms with van der Waals surface area (Å²) in [6.07, 6.45) is 0. The van der Waals surface area contributed by atoms with Gasteiger partial charge in [-0.2, -0.15) is 0 Å². The van der Waals surface area contributed by atoms with E-state index < -0.39 is 5.97 Å². The van der Waals surface area contributed by atoms with Gasteiger partial charge in [-0.15, -0.1) is 0 Å². The van der Waals surface area contributed by atoms with Crippen LogP contribution in [0.25, 0.3) is 0 Å². The maximum atomic E-state index is 10.7. The van der Waals surface area contributed by atoms with Gasteiger partial charge in [0.1, 0.15) is 12.4 Å². The van der Waals surface area contributed by atoms with Crippen molar-refractivity contribution in [2.45, 2.75) is 19.9 Å². The molecule has 2 N–H and O–H groups in total. The van der Waals surface area contributed by atoms with E-state index in [4.69, 9.17) is 9.84 Å². The molecular weight excluding hydrogens is 206 g/mol. The molecule has 0 amide bonds. The van der Waals surface area contributed by atoms with Crippen LogP contribution in [0.3, 0.4) is 0 Å². The Balaban J connectivity index is 2.42. The SMILES string of the molecule is CC(C)NCCOc1cccc(C(=O)O)c1. The molecule has 0 spiro atoms. The van der Waals surface area contributed by atoms with Crippen LogP contribution in [0, 0.1) is 0 Å². The molecule has 1 aromatic carbocycles. The molecule has 0 aliphatic heterocycles. The summed E-state index contributed by atoms with van der Waals surface area (Å²) >= 11 is 0. The third kappa shape index (κ3) is 4.31. The summed E-state index contributed by atoms with van der Waals surface area (Å²) in [5.74, 6) is -0.351. The Bertz CT molecular complexity index is 350. The van der Waals surface area contributed by atoms with E-state index in [1.165, 1.54) is 6.07 Å². The maximum Gasteiger partial charge on any atom is 0.335 e. The topological polar surface area (TPSA) is 58.6 Å². The maximum absolute atomic E-state index is 10.7. The van der Waals surface area contributed by atoms with Crippen LogP contribution >= 0.6 is 0 Å². The number of carbonyl (C=O) groups is 1. The Morgan fingerprint density at radius 3 is 2.88 bits per heavy atom. The molecule has 0 radical (unpaired) electrons. The van der Waals surface area contributed by atoms with Crippen LogP contribution in [-0.2, 0) is 0 Å². The van der Waals surface area contributed by atoms with E-state index in [-0.39, 0.29) is 5.56 Å². The third-order valence-corrected chi connectivity index (χ3v) is 2.00. The van der Waals surface area contributed by atoms with Gasteiger partial charge in [0, 0.05) is 12.6 Å². The van der Waals surface area contributed by atoms with E-state index in [0.29, 0.717) is 18.4 Å². The Kier molecular flexibility index (Phi) is 4.79. The lowest BCUT2D eigenvalue weighted by Gasteiger charge is -2.09. The number of benzene rings is 1. The number of ether oxygens (including phenoxy) is 1. The summed E-state index contributed by atoms with van der Waals surface area (Å²) in [4.78, 5) is 10.7. The lowest BCUT2D eigenvalue weighted by molar-refractivity contribution is 0.0696. The van der Waals surface area contributed by atoms with Gasteiger partial charge in [0.2, 0.25) is 0 Å². The summed E-state index contributed by atoms with van der Waals surface area (Å²) in [6, 6.07) is 6.92. The summed E-state index contributed by atoms with van der Waals surface area (Å²) in [5, 5.41) is 12.0. The number of carboxylic acids is 1. The molecule has 16 heavy (non-hydrogen) atoms. The highest BCUT2D eigenvalue weighted by molar-refractivity contribution is 5.87. The molecule has 0 unspecified atom stereocenters. The summed E-state index contributed by atoms with van der Waals surface area (Å²) in [7, 11) is 0. The van der Waals surface area contributed by atoms with E-state index in [2.05, 4.69) is 19.2 Å². The quantitative estimate of drug-likeness (QED) is 0.721. The molecule has 88 valence electrons. The zero-order chi connectivity index (χ0) is 12.0. The normalized spacial score (nSPS) is 10.4. The Hall–Kier alpha value is -1.55. The Morgan fingerprint density at radius 2 is 2.25 bits per heavy atom. The first-order valence-corrected chi connectivity index (χ1v) is 5.29. The van der Waals surface area contributed by atoms with Gasteiger partial charge < -0.3 is 15.2 Å². The highest BCUT2D eigenvalue weighted by Crippen LogP contribution is 2.12. The number of nitrogens with one attached hydrogen (secondary N) is 1. The molecule has 0 bridgehead atoms. The summed E-state index contributed by atoms with van der Waals surface area (Å²) in [5.41, 5.74) is 0.245. The molecule has 0 aliphatic rings. The van der Waals surface area contributed by atoms with E-state index in [1.54, 1.807) is 18.2 Å². The molecule has 4 heteroatoms. The van der Waals surface area contributed by atoms with Gasteiger partial charge in [-0.1, -0.05) is 19.9 Å². The molecular formula is C12H17NO3. The number of rotatable bonds is 6. The third-order valence-electron chi connectivity index (χ3n) is 2.00. The number of hydrogen-bond donors (Lipinski definition) is 2. The fraction of sp³-hybridized carbons (Fsp3) is 0.417. The molecule has 0 atom stereocenters. The van der Waals surface area contributed by atoms with Crippen molar-refractivity contribution in [2.24, 2.45) is 0 Å². The van der Waals surface area contributed by atoms with E-state index in [0.717, 1.165) is 6.54 Å². The fourth-order valence-electron chi connectivity index (χ4n) is 1.24. The standard InChI is InChI=1S/C12H17NO3/c1-9(2)13-6-7-16-11-5-3-4-10(8-11)12(14)15/h3-5,8-9,13H,6-7H2,1-2H3,(H,14,15). The van der Waals surface area contributed by atoms with Crippen molar-refractivity contribution in [2.75, 3.05) is 13.2 Å². The van der Waals surface area contributed by atoms with Crippen LogP contribution in [0.15, 0.2) is 24.3 Å². The van der Waals surface area contributed by atoms with Crippen molar-refractivity contribution in [1.29, 1.82) is 0 Å². The molecule has 0 heterocycles. The Labute approximate surface area is 95.2 Å². The van der Waals surface area contributed by atoms with Gasteiger partial charge in [0.25, 0.3) is 0 Å². The van der Waals surface area contributed by atoms with Crippen LogP contribution in [0.1, 0.15) is 24.2 Å². The fourth-order valence-corrected chi connectivity index (χ4v) is 1.24. The molecule has 4 nitrogen and oxygen atoms in total. The highest BCUT2D eigenvalue weighted by atomic mass is 16.5. The summed E-state index contributed by atoms with van der Waals surface area (Å²) in [6.45, 7) is 5.40. The average Bonchev–Trinajstić information content (AvgIpc) is 2.24. The van der Waals surface area contributed by atoms with Crippen LogP contribution in [0.4, 0.5) is 0 Å². The van der Waals surface area contributed by atoms with Crippen LogP contribution in [-0.4, -0.2) is 30.3 Å². The second kappa shape index (κ2) is 6.12. The van der Waals surface area contributed by atoms with E-state index >= 15 is 0 Å². The van der Waals surface area contributed by atoms with Crippen LogP contribution in [0.5, 0.6) is 5.75 Å². The van der Waals surface area contributed by atoms with Crippen molar-refractivity contribution in [3.63, 3.8) is 0 Å². The first kappa shape index (κ1) is 12.5. The van der Waals surface area contributed by atoms with E-state index in [9.17, 15) is 4.79 Å². The minimum absolute atomic E-state index is 0.245. The van der Waals surface area contributed by atoms with Crippen LogP contribution in [0.2, 0.25) is 0 Å². The monoisotopic (exact) mass is 223 g/mol. The van der Waals surface area contributed by atoms with Crippen LogP contribution < -0.4 is 10.1 Å². The minimum atomic E-state index is -0.939. The Morgan fingerprint density at radius 1 is 1.50 bits per heavy atom. The van der Waals surface area contributed by atoms with Gasteiger partial charge in [-0.25, -0.2) is 4.79 Å².